The van der Waals surface area contributed by atoms with Gasteiger partial charge in [-0.25, -0.2) is 0 Å². The Labute approximate surface area is 188 Å². The van der Waals surface area contributed by atoms with E-state index in [1.165, 1.54) is 25.3 Å². The molecular formula is C25H31N5O2. The largest absolute Gasteiger partial charge is 0.507 e. The van der Waals surface area contributed by atoms with Gasteiger partial charge in [-0.2, -0.15) is 0 Å². The molecule has 0 unspecified atom stereocenters. The Hall–Kier alpha value is -2.93. The highest BCUT2D eigenvalue weighted by atomic mass is 16.3. The van der Waals surface area contributed by atoms with Crippen LogP contribution in [0.4, 0.5) is 5.82 Å². The molecule has 2 aliphatic heterocycles. The van der Waals surface area contributed by atoms with E-state index in [-0.39, 0.29) is 11.7 Å². The molecule has 5 rings (SSSR count). The van der Waals surface area contributed by atoms with Crippen molar-refractivity contribution in [3.8, 4) is 17.0 Å². The molecule has 1 aromatic heterocycles. The van der Waals surface area contributed by atoms with Crippen LogP contribution in [-0.2, 0) is 4.79 Å². The zero-order chi connectivity index (χ0) is 22.1. The van der Waals surface area contributed by atoms with Gasteiger partial charge in [0.25, 0.3) is 0 Å². The van der Waals surface area contributed by atoms with Crippen molar-refractivity contribution in [3.05, 3.63) is 42.0 Å². The Morgan fingerprint density at radius 2 is 1.91 bits per heavy atom. The summed E-state index contributed by atoms with van der Waals surface area (Å²) in [6.07, 6.45) is 11.5. The number of carbonyl (C=O) groups is 1. The molecular weight excluding hydrogens is 402 g/mol. The molecule has 1 saturated carbocycles. The first-order valence-corrected chi connectivity index (χ1v) is 11.7. The normalized spacial score (nSPS) is 25.0. The predicted molar refractivity (Wildman–Crippen MR) is 125 cm³/mol. The molecule has 3 aliphatic rings. The maximum atomic E-state index is 11.8. The van der Waals surface area contributed by atoms with Crippen LogP contribution >= 0.6 is 0 Å². The van der Waals surface area contributed by atoms with Crippen molar-refractivity contribution in [2.75, 3.05) is 11.9 Å². The van der Waals surface area contributed by atoms with Crippen molar-refractivity contribution >= 4 is 17.8 Å². The number of amides is 1. The van der Waals surface area contributed by atoms with E-state index >= 15 is 0 Å². The Balaban J connectivity index is 1.25. The Bertz CT molecular complexity index is 990. The van der Waals surface area contributed by atoms with Crippen LogP contribution in [0.1, 0.15) is 50.5 Å². The molecule has 32 heavy (non-hydrogen) atoms. The van der Waals surface area contributed by atoms with E-state index in [9.17, 15) is 9.90 Å². The number of phenolic OH excluding ortho intramolecular Hbond substituents is 1. The smallest absolute Gasteiger partial charge is 0.244 e. The van der Waals surface area contributed by atoms with Crippen LogP contribution in [0, 0.1) is 0 Å². The number of aromatic nitrogens is 2. The minimum absolute atomic E-state index is 0.0981. The van der Waals surface area contributed by atoms with Crippen LogP contribution in [-0.4, -0.2) is 52.4 Å². The summed E-state index contributed by atoms with van der Waals surface area (Å²) in [7, 11) is 2.10. The third-order valence-corrected chi connectivity index (χ3v) is 6.90. The molecule has 3 fully saturated rings. The summed E-state index contributed by atoms with van der Waals surface area (Å²) in [4.78, 5) is 14.1. The molecule has 1 aliphatic carbocycles. The first kappa shape index (κ1) is 20.9. The number of nitrogens with one attached hydrogen (secondary N) is 2. The molecule has 2 aromatic rings. The van der Waals surface area contributed by atoms with Gasteiger partial charge in [-0.15, -0.1) is 10.2 Å². The van der Waals surface area contributed by atoms with Crippen molar-refractivity contribution in [2.45, 2.75) is 69.1 Å². The minimum atomic E-state index is -0.0981. The number of fused-ring (bicyclic) bond motifs is 2. The number of rotatable bonds is 6. The summed E-state index contributed by atoms with van der Waals surface area (Å²) in [6, 6.07) is 11.3. The lowest BCUT2D eigenvalue weighted by atomic mass is 9.83. The minimum Gasteiger partial charge on any atom is -0.507 e. The monoisotopic (exact) mass is 433 g/mol. The Kier molecular flexibility index (Phi) is 5.83. The highest BCUT2D eigenvalue weighted by Gasteiger charge is 2.33. The molecule has 168 valence electrons. The van der Waals surface area contributed by atoms with Crippen LogP contribution in [0.2, 0.25) is 0 Å². The second-order valence-electron chi connectivity index (χ2n) is 9.40. The molecule has 3 atom stereocenters. The molecule has 3 N–H and O–H groups in total. The molecule has 0 radical (unpaired) electrons. The van der Waals surface area contributed by atoms with Gasteiger partial charge in [0.1, 0.15) is 5.75 Å². The van der Waals surface area contributed by atoms with E-state index < -0.39 is 0 Å². The number of piperidine rings is 2. The summed E-state index contributed by atoms with van der Waals surface area (Å²) in [5.41, 5.74) is 2.02. The third-order valence-electron chi connectivity index (χ3n) is 6.90. The van der Waals surface area contributed by atoms with Gasteiger partial charge in [-0.3, -0.25) is 4.79 Å². The molecule has 2 saturated heterocycles. The van der Waals surface area contributed by atoms with Gasteiger partial charge < -0.3 is 20.6 Å². The lowest BCUT2D eigenvalue weighted by Gasteiger charge is -2.43. The highest BCUT2D eigenvalue weighted by Crippen LogP contribution is 2.32. The third kappa shape index (κ3) is 4.78. The second-order valence-corrected chi connectivity index (χ2v) is 9.40. The lowest BCUT2D eigenvalue weighted by Crippen LogP contribution is -2.54. The standard InChI is InChI=1S/C25H31N5O2/c1-30(20-14-18-3-2-4-19(15-20)26-18)24-11-10-22(28-29-24)21-9-5-16(13-23(21)31)6-12-25(32)27-17-7-8-17/h5-6,9-13,17-20,26,31H,2-4,7-8,14-15H2,1H3,(H,27,32)/b12-6+/t18-,19+,20-. The first-order chi connectivity index (χ1) is 15.5. The average molecular weight is 434 g/mol. The molecule has 1 amide bonds. The van der Waals surface area contributed by atoms with Crippen LogP contribution in [0.15, 0.2) is 36.4 Å². The molecule has 7 heteroatoms. The second kappa shape index (κ2) is 8.90. The van der Waals surface area contributed by atoms with Crippen molar-refractivity contribution in [1.82, 2.24) is 20.8 Å². The van der Waals surface area contributed by atoms with Crippen molar-refractivity contribution in [2.24, 2.45) is 0 Å². The van der Waals surface area contributed by atoms with E-state index in [4.69, 9.17) is 0 Å². The predicted octanol–water partition coefficient (Wildman–Crippen LogP) is 3.25. The van der Waals surface area contributed by atoms with Gasteiger partial charge >= 0.3 is 0 Å². The van der Waals surface area contributed by atoms with Gasteiger partial charge in [0.2, 0.25) is 5.91 Å². The van der Waals surface area contributed by atoms with Gasteiger partial charge in [-0.05, 0) is 74.4 Å². The van der Waals surface area contributed by atoms with Gasteiger partial charge in [0.05, 0.1) is 5.69 Å². The molecule has 7 nitrogen and oxygen atoms in total. The number of nitrogens with zero attached hydrogens (tertiary/aromatic N) is 3. The summed E-state index contributed by atoms with van der Waals surface area (Å²) in [6.45, 7) is 0. The Morgan fingerprint density at radius 1 is 1.12 bits per heavy atom. The van der Waals surface area contributed by atoms with Crippen LogP contribution in [0.3, 0.4) is 0 Å². The number of aromatic hydroxyl groups is 1. The van der Waals surface area contributed by atoms with E-state index in [2.05, 4.69) is 32.8 Å². The summed E-state index contributed by atoms with van der Waals surface area (Å²) in [5, 5.41) is 26.0. The molecule has 3 heterocycles. The zero-order valence-corrected chi connectivity index (χ0v) is 18.5. The topological polar surface area (TPSA) is 90.4 Å². The number of anilines is 1. The number of hydrogen-bond acceptors (Lipinski definition) is 6. The summed E-state index contributed by atoms with van der Waals surface area (Å²) >= 11 is 0. The Morgan fingerprint density at radius 3 is 2.56 bits per heavy atom. The van der Waals surface area contributed by atoms with E-state index in [0.29, 0.717) is 35.4 Å². The van der Waals surface area contributed by atoms with Gasteiger partial charge in [0.15, 0.2) is 5.82 Å². The van der Waals surface area contributed by atoms with Gasteiger partial charge in [-0.1, -0.05) is 12.5 Å². The molecule has 0 spiro atoms. The average Bonchev–Trinajstić information content (AvgIpc) is 3.61. The lowest BCUT2D eigenvalue weighted by molar-refractivity contribution is -0.116. The zero-order valence-electron chi connectivity index (χ0n) is 18.5. The van der Waals surface area contributed by atoms with Gasteiger partial charge in [0, 0.05) is 42.9 Å². The number of hydrogen-bond donors (Lipinski definition) is 3. The fourth-order valence-corrected chi connectivity index (χ4v) is 4.91. The van der Waals surface area contributed by atoms with Crippen molar-refractivity contribution < 1.29 is 9.90 Å². The van der Waals surface area contributed by atoms with Crippen molar-refractivity contribution in [1.29, 1.82) is 0 Å². The van der Waals surface area contributed by atoms with E-state index in [1.54, 1.807) is 12.1 Å². The molecule has 2 bridgehead atoms. The van der Waals surface area contributed by atoms with Crippen molar-refractivity contribution in [3.63, 3.8) is 0 Å². The van der Waals surface area contributed by atoms with Crippen LogP contribution < -0.4 is 15.5 Å². The first-order valence-electron chi connectivity index (χ1n) is 11.7. The fourth-order valence-electron chi connectivity index (χ4n) is 4.91. The number of benzene rings is 1. The number of carbonyl (C=O) groups excluding carboxylic acids is 1. The number of phenols is 1. The summed E-state index contributed by atoms with van der Waals surface area (Å²) < 4.78 is 0. The van der Waals surface area contributed by atoms with E-state index in [1.807, 2.05) is 24.3 Å². The van der Waals surface area contributed by atoms with E-state index in [0.717, 1.165) is 37.1 Å². The quantitative estimate of drug-likeness (QED) is 0.606. The fraction of sp³-hybridized carbons (Fsp3) is 0.480. The molecule has 1 aromatic carbocycles. The summed E-state index contributed by atoms with van der Waals surface area (Å²) in [5.74, 6) is 0.884. The maximum Gasteiger partial charge on any atom is 0.244 e. The van der Waals surface area contributed by atoms with Crippen LogP contribution in [0.25, 0.3) is 17.3 Å². The maximum absolute atomic E-state index is 11.8. The SMILES string of the molecule is CN(c1ccc(-c2ccc(/C=C/C(=O)NC3CC3)cc2O)nn1)[C@@H]1C[C@H]2CCC[C@@H](C1)N2. The highest BCUT2D eigenvalue weighted by molar-refractivity contribution is 5.92. The van der Waals surface area contributed by atoms with Crippen LogP contribution in [0.5, 0.6) is 5.75 Å².